The number of aromatic amines is 1. The summed E-state index contributed by atoms with van der Waals surface area (Å²) < 4.78 is 0. The van der Waals surface area contributed by atoms with Crippen molar-refractivity contribution in [2.75, 3.05) is 18.5 Å². The molecule has 1 aliphatic heterocycles. The van der Waals surface area contributed by atoms with Gasteiger partial charge in [0.05, 0.1) is 18.4 Å². The quantitative estimate of drug-likeness (QED) is 0.406. The normalized spacial score (nSPS) is 18.7. The van der Waals surface area contributed by atoms with E-state index in [0.717, 1.165) is 12.0 Å². The van der Waals surface area contributed by atoms with E-state index in [9.17, 15) is 14.4 Å². The van der Waals surface area contributed by atoms with Crippen LogP contribution in [0.15, 0.2) is 47.6 Å². The first-order chi connectivity index (χ1) is 15.6. The van der Waals surface area contributed by atoms with Crippen molar-refractivity contribution < 1.29 is 19.5 Å². The van der Waals surface area contributed by atoms with Crippen LogP contribution in [0.25, 0.3) is 10.9 Å². The summed E-state index contributed by atoms with van der Waals surface area (Å²) in [6.07, 6.45) is 2.19. The third kappa shape index (κ3) is 3.52. The van der Waals surface area contributed by atoms with E-state index in [1.807, 2.05) is 30.3 Å². The van der Waals surface area contributed by atoms with E-state index >= 15 is 0 Å². The molecule has 9 nitrogen and oxygen atoms in total. The predicted molar refractivity (Wildman–Crippen MR) is 119 cm³/mol. The van der Waals surface area contributed by atoms with Crippen LogP contribution in [0, 0.1) is 5.92 Å². The van der Waals surface area contributed by atoms with Gasteiger partial charge in [-0.1, -0.05) is 30.3 Å². The molecule has 0 unspecified atom stereocenters. The van der Waals surface area contributed by atoms with E-state index in [1.165, 1.54) is 6.21 Å². The molecule has 2 aromatic carbocycles. The molecule has 1 aliphatic carbocycles. The molecule has 162 valence electrons. The molecule has 2 atom stereocenters. The molecule has 0 radical (unpaired) electrons. The summed E-state index contributed by atoms with van der Waals surface area (Å²) in [6, 6.07) is 13.2. The number of carbonyl (C=O) groups excluding carboxylic acids is 3. The van der Waals surface area contributed by atoms with Crippen LogP contribution in [-0.4, -0.2) is 47.2 Å². The topological polar surface area (TPSA) is 136 Å². The van der Waals surface area contributed by atoms with E-state index < -0.39 is 11.8 Å². The first kappa shape index (κ1) is 20.0. The lowest BCUT2D eigenvalue weighted by molar-refractivity contribution is -0.117. The molecular weight excluding hydrogens is 410 g/mol. The molecule has 1 saturated carbocycles. The summed E-state index contributed by atoms with van der Waals surface area (Å²) in [6.45, 7) is -0.0951. The van der Waals surface area contributed by atoms with Gasteiger partial charge in [-0.15, -0.1) is 0 Å². The molecule has 3 aromatic rings. The van der Waals surface area contributed by atoms with Crippen LogP contribution in [0.1, 0.15) is 44.3 Å². The highest BCUT2D eigenvalue weighted by Crippen LogP contribution is 2.48. The van der Waals surface area contributed by atoms with Crippen molar-refractivity contribution >= 4 is 40.5 Å². The molecule has 32 heavy (non-hydrogen) atoms. The zero-order valence-electron chi connectivity index (χ0n) is 17.0. The van der Waals surface area contributed by atoms with Gasteiger partial charge in [0, 0.05) is 34.6 Å². The minimum absolute atomic E-state index is 0.0973. The number of rotatable bonds is 6. The average molecular weight is 431 g/mol. The Kier molecular flexibility index (Phi) is 4.95. The fraction of sp³-hybridized carbons (Fsp3) is 0.217. The molecule has 5 rings (SSSR count). The fourth-order valence-corrected chi connectivity index (χ4v) is 4.18. The first-order valence-electron chi connectivity index (χ1n) is 10.3. The summed E-state index contributed by atoms with van der Waals surface area (Å²) in [5.74, 6) is -0.897. The van der Waals surface area contributed by atoms with E-state index in [1.54, 1.807) is 12.1 Å². The van der Waals surface area contributed by atoms with Crippen LogP contribution < -0.4 is 16.1 Å². The Balaban J connectivity index is 1.45. The Morgan fingerprint density at radius 2 is 2.00 bits per heavy atom. The van der Waals surface area contributed by atoms with Crippen LogP contribution >= 0.6 is 0 Å². The van der Waals surface area contributed by atoms with E-state index in [0.29, 0.717) is 27.7 Å². The minimum atomic E-state index is -0.434. The van der Waals surface area contributed by atoms with Crippen molar-refractivity contribution in [2.45, 2.75) is 12.3 Å². The van der Waals surface area contributed by atoms with Gasteiger partial charge in [0.1, 0.15) is 5.69 Å². The lowest BCUT2D eigenvalue weighted by Crippen LogP contribution is -2.27. The maximum Gasteiger partial charge on any atom is 0.272 e. The fourth-order valence-electron chi connectivity index (χ4n) is 4.18. The van der Waals surface area contributed by atoms with Crippen molar-refractivity contribution in [1.29, 1.82) is 0 Å². The van der Waals surface area contributed by atoms with Crippen LogP contribution in [0.3, 0.4) is 0 Å². The van der Waals surface area contributed by atoms with Crippen molar-refractivity contribution in [3.63, 3.8) is 0 Å². The Morgan fingerprint density at radius 1 is 1.19 bits per heavy atom. The number of amides is 3. The number of benzene rings is 2. The second kappa shape index (κ2) is 7.93. The molecule has 0 bridgehead atoms. The number of anilines is 1. The second-order valence-electron chi connectivity index (χ2n) is 7.89. The molecule has 2 heterocycles. The third-order valence-electron chi connectivity index (χ3n) is 5.79. The Labute approximate surface area is 182 Å². The predicted octanol–water partition coefficient (Wildman–Crippen LogP) is 1.71. The van der Waals surface area contributed by atoms with E-state index in [2.05, 4.69) is 26.1 Å². The summed E-state index contributed by atoms with van der Waals surface area (Å²) in [5.41, 5.74) is 5.55. The molecule has 1 aromatic heterocycles. The lowest BCUT2D eigenvalue weighted by atomic mass is 10.0. The summed E-state index contributed by atoms with van der Waals surface area (Å²) in [7, 11) is 0. The Hall–Kier alpha value is -3.98. The van der Waals surface area contributed by atoms with Crippen LogP contribution in [0.4, 0.5) is 5.69 Å². The number of H-pyrrole nitrogens is 1. The number of aliphatic hydroxyl groups is 1. The standard InChI is InChI=1S/C23H21N5O4/c29-7-6-24-23(32)20-17-11-25-28-22(31)16-8-13(9-18(27-20)19(16)17)26-21(30)15-10-14(15)12-4-2-1-3-5-12/h1-5,8-9,11,14-15,27,29H,6-7,10H2,(H,24,32)(H,26,30)(H,28,31)/t14-,15+/m0/s1. The minimum Gasteiger partial charge on any atom is -0.395 e. The monoisotopic (exact) mass is 431 g/mol. The van der Waals surface area contributed by atoms with Crippen molar-refractivity contribution in [1.82, 2.24) is 15.7 Å². The zero-order chi connectivity index (χ0) is 22.2. The van der Waals surface area contributed by atoms with Gasteiger partial charge in [-0.2, -0.15) is 5.10 Å². The number of hydrogen-bond acceptors (Lipinski definition) is 5. The summed E-state index contributed by atoms with van der Waals surface area (Å²) in [4.78, 5) is 41.0. The number of carbonyl (C=O) groups is 3. The van der Waals surface area contributed by atoms with Gasteiger partial charge >= 0.3 is 0 Å². The number of nitrogens with one attached hydrogen (secondary N) is 4. The van der Waals surface area contributed by atoms with Crippen molar-refractivity contribution in [3.05, 3.63) is 64.8 Å². The zero-order valence-corrected chi connectivity index (χ0v) is 17.0. The molecule has 2 aliphatic rings. The summed E-state index contributed by atoms with van der Waals surface area (Å²) >= 11 is 0. The van der Waals surface area contributed by atoms with Gasteiger partial charge in [0.15, 0.2) is 0 Å². The molecule has 1 fully saturated rings. The number of hydrazone groups is 1. The van der Waals surface area contributed by atoms with Gasteiger partial charge in [0.2, 0.25) is 5.91 Å². The Bertz CT molecular complexity index is 1260. The average Bonchev–Trinajstić information content (AvgIpc) is 3.55. The molecular formula is C23H21N5O4. The molecule has 5 N–H and O–H groups in total. The third-order valence-corrected chi connectivity index (χ3v) is 5.79. The van der Waals surface area contributed by atoms with Gasteiger partial charge in [-0.05, 0) is 30.0 Å². The van der Waals surface area contributed by atoms with Gasteiger partial charge in [0.25, 0.3) is 11.8 Å². The van der Waals surface area contributed by atoms with Crippen LogP contribution in [-0.2, 0) is 4.79 Å². The van der Waals surface area contributed by atoms with Crippen molar-refractivity contribution in [2.24, 2.45) is 11.0 Å². The maximum atomic E-state index is 12.8. The number of hydrogen-bond donors (Lipinski definition) is 5. The van der Waals surface area contributed by atoms with E-state index in [4.69, 9.17) is 5.11 Å². The molecule has 0 saturated heterocycles. The molecule has 9 heteroatoms. The van der Waals surface area contributed by atoms with Gasteiger partial charge in [-0.25, -0.2) is 5.43 Å². The van der Waals surface area contributed by atoms with E-state index in [-0.39, 0.29) is 36.6 Å². The molecule has 3 amide bonds. The second-order valence-corrected chi connectivity index (χ2v) is 7.89. The number of aliphatic hydroxyl groups excluding tert-OH is 1. The Morgan fingerprint density at radius 3 is 2.78 bits per heavy atom. The maximum absolute atomic E-state index is 12.8. The summed E-state index contributed by atoms with van der Waals surface area (Å²) in [5, 5.41) is 18.9. The smallest absolute Gasteiger partial charge is 0.272 e. The first-order valence-corrected chi connectivity index (χ1v) is 10.3. The van der Waals surface area contributed by atoms with Crippen LogP contribution in [0.5, 0.6) is 0 Å². The lowest BCUT2D eigenvalue weighted by Gasteiger charge is -2.08. The highest BCUT2D eigenvalue weighted by Gasteiger charge is 2.43. The number of nitrogens with zero attached hydrogens (tertiary/aromatic N) is 1. The van der Waals surface area contributed by atoms with Crippen molar-refractivity contribution in [3.8, 4) is 0 Å². The van der Waals surface area contributed by atoms with Gasteiger partial charge in [-0.3, -0.25) is 14.4 Å². The molecule has 0 spiro atoms. The highest BCUT2D eigenvalue weighted by molar-refractivity contribution is 6.19. The largest absolute Gasteiger partial charge is 0.395 e. The number of aromatic nitrogens is 1. The SMILES string of the molecule is O=C(NCCO)c1[nH]c2cc(NC(=O)[C@@H]3C[C@H]3c3ccccc3)cc3c2c1C=NNC3=O. The van der Waals surface area contributed by atoms with Gasteiger partial charge < -0.3 is 20.7 Å². The highest BCUT2D eigenvalue weighted by atomic mass is 16.3. The van der Waals surface area contributed by atoms with Crippen LogP contribution in [0.2, 0.25) is 0 Å².